The molecule has 5 heteroatoms. The molecule has 0 aliphatic carbocycles. The molecule has 2 aromatic carbocycles. The Bertz CT molecular complexity index is 652. The molecule has 0 atom stereocenters. The number of anilines is 1. The summed E-state index contributed by atoms with van der Waals surface area (Å²) in [7, 11) is 0. The minimum atomic E-state index is -0.409. The number of rotatable bonds is 3. The number of hydrogen-bond acceptors (Lipinski definition) is 3. The quantitative estimate of drug-likeness (QED) is 0.873. The van der Waals surface area contributed by atoms with E-state index in [0.717, 1.165) is 0 Å². The van der Waals surface area contributed by atoms with Gasteiger partial charge in [-0.15, -0.1) is 0 Å². The average Bonchev–Trinajstić information content (AvgIpc) is 2.40. The van der Waals surface area contributed by atoms with Crippen molar-refractivity contribution in [2.75, 3.05) is 5.73 Å². The Balaban J connectivity index is 2.16. The van der Waals surface area contributed by atoms with Crippen molar-refractivity contribution in [2.45, 2.75) is 6.61 Å². The number of nitrogens with two attached hydrogens (primary N) is 1. The number of halogens is 2. The molecular weight excluding hydrogens is 267 g/mol. The highest BCUT2D eigenvalue weighted by atomic mass is 35.5. The van der Waals surface area contributed by atoms with Gasteiger partial charge in [-0.25, -0.2) is 4.39 Å². The number of benzene rings is 2. The molecule has 2 aromatic rings. The van der Waals surface area contributed by atoms with E-state index < -0.39 is 5.82 Å². The van der Waals surface area contributed by atoms with Crippen LogP contribution in [0.5, 0.6) is 5.75 Å². The monoisotopic (exact) mass is 276 g/mol. The van der Waals surface area contributed by atoms with Gasteiger partial charge in [0.15, 0.2) is 0 Å². The van der Waals surface area contributed by atoms with E-state index in [1.165, 1.54) is 18.2 Å². The van der Waals surface area contributed by atoms with Crippen molar-refractivity contribution in [1.82, 2.24) is 0 Å². The molecule has 0 bridgehead atoms. The molecule has 3 nitrogen and oxygen atoms in total. The van der Waals surface area contributed by atoms with E-state index in [4.69, 9.17) is 27.3 Å². The maximum Gasteiger partial charge on any atom is 0.123 e. The van der Waals surface area contributed by atoms with Crippen LogP contribution in [-0.2, 0) is 6.61 Å². The van der Waals surface area contributed by atoms with Crippen LogP contribution in [0.25, 0.3) is 0 Å². The fourth-order valence-corrected chi connectivity index (χ4v) is 1.72. The second kappa shape index (κ2) is 5.59. The van der Waals surface area contributed by atoms with Crippen LogP contribution < -0.4 is 10.5 Å². The molecule has 0 radical (unpaired) electrons. The Hall–Kier alpha value is -2.25. The van der Waals surface area contributed by atoms with Gasteiger partial charge in [0, 0.05) is 11.6 Å². The maximum absolute atomic E-state index is 13.1. The lowest BCUT2D eigenvalue weighted by atomic mass is 10.1. The van der Waals surface area contributed by atoms with E-state index in [-0.39, 0.29) is 6.61 Å². The molecule has 0 saturated heterocycles. The van der Waals surface area contributed by atoms with Gasteiger partial charge in [-0.1, -0.05) is 11.6 Å². The van der Waals surface area contributed by atoms with Gasteiger partial charge < -0.3 is 10.5 Å². The summed E-state index contributed by atoms with van der Waals surface area (Å²) in [5, 5.41) is 9.31. The molecule has 0 spiro atoms. The van der Waals surface area contributed by atoms with Crippen LogP contribution >= 0.6 is 11.6 Å². The minimum Gasteiger partial charge on any atom is -0.489 e. The van der Waals surface area contributed by atoms with Gasteiger partial charge >= 0.3 is 0 Å². The Morgan fingerprint density at radius 1 is 1.26 bits per heavy atom. The normalized spacial score (nSPS) is 9.95. The maximum atomic E-state index is 13.1. The lowest BCUT2D eigenvalue weighted by Crippen LogP contribution is -1.99. The fourth-order valence-electron chi connectivity index (χ4n) is 1.55. The second-order valence-electron chi connectivity index (χ2n) is 3.89. The number of ether oxygens (including phenoxy) is 1. The average molecular weight is 277 g/mol. The third-order valence-electron chi connectivity index (χ3n) is 2.55. The molecule has 0 aliphatic heterocycles. The molecule has 0 saturated carbocycles. The molecule has 0 unspecified atom stereocenters. The van der Waals surface area contributed by atoms with Crippen molar-refractivity contribution < 1.29 is 9.13 Å². The highest BCUT2D eigenvalue weighted by Gasteiger charge is 2.06. The predicted octanol–water partition coefficient (Wildman–Crippen LogP) is 3.51. The van der Waals surface area contributed by atoms with Crippen LogP contribution in [0.3, 0.4) is 0 Å². The van der Waals surface area contributed by atoms with Crippen LogP contribution in [0.1, 0.15) is 11.1 Å². The third kappa shape index (κ3) is 3.15. The van der Waals surface area contributed by atoms with Crippen molar-refractivity contribution in [1.29, 1.82) is 5.26 Å². The van der Waals surface area contributed by atoms with Gasteiger partial charge in [0.25, 0.3) is 0 Å². The standard InChI is InChI=1S/C14H10ClFN2O/c15-13-6-12(3-4-14(13)18)19-8-10-5-11(16)2-1-9(10)7-17/h1-6H,8,18H2. The summed E-state index contributed by atoms with van der Waals surface area (Å²) in [6.45, 7) is 0.0842. The Morgan fingerprint density at radius 3 is 2.74 bits per heavy atom. The summed E-state index contributed by atoms with van der Waals surface area (Å²) < 4.78 is 18.6. The number of nitrogen functional groups attached to an aromatic ring is 1. The molecule has 2 rings (SSSR count). The second-order valence-corrected chi connectivity index (χ2v) is 4.29. The zero-order valence-electron chi connectivity index (χ0n) is 9.86. The van der Waals surface area contributed by atoms with E-state index in [9.17, 15) is 4.39 Å². The molecule has 0 aliphatic rings. The predicted molar refractivity (Wildman–Crippen MR) is 71.3 cm³/mol. The molecule has 2 N–H and O–H groups in total. The van der Waals surface area contributed by atoms with Crippen molar-refractivity contribution in [3.8, 4) is 11.8 Å². The molecule has 0 amide bonds. The molecule has 0 aromatic heterocycles. The first kappa shape index (κ1) is 13.2. The van der Waals surface area contributed by atoms with Crippen LogP contribution in [0.15, 0.2) is 36.4 Å². The zero-order valence-corrected chi connectivity index (χ0v) is 10.6. The summed E-state index contributed by atoms with van der Waals surface area (Å²) in [5.41, 5.74) is 6.90. The van der Waals surface area contributed by atoms with Crippen molar-refractivity contribution >= 4 is 17.3 Å². The Kier molecular flexibility index (Phi) is 3.88. The minimum absolute atomic E-state index is 0.0842. The highest BCUT2D eigenvalue weighted by molar-refractivity contribution is 6.33. The molecule has 0 heterocycles. The molecule has 0 fully saturated rings. The number of nitrogens with zero attached hydrogens (tertiary/aromatic N) is 1. The van der Waals surface area contributed by atoms with E-state index >= 15 is 0 Å². The highest BCUT2D eigenvalue weighted by Crippen LogP contribution is 2.25. The van der Waals surface area contributed by atoms with Gasteiger partial charge in [-0.3, -0.25) is 0 Å². The molecule has 19 heavy (non-hydrogen) atoms. The van der Waals surface area contributed by atoms with Gasteiger partial charge in [0.2, 0.25) is 0 Å². The first-order chi connectivity index (χ1) is 9.10. The number of hydrogen-bond donors (Lipinski definition) is 1. The summed E-state index contributed by atoms with van der Waals surface area (Å²) >= 11 is 5.86. The van der Waals surface area contributed by atoms with Crippen LogP contribution in [0, 0.1) is 17.1 Å². The van der Waals surface area contributed by atoms with Crippen LogP contribution in [-0.4, -0.2) is 0 Å². The topological polar surface area (TPSA) is 59.0 Å². The first-order valence-electron chi connectivity index (χ1n) is 5.46. The largest absolute Gasteiger partial charge is 0.489 e. The zero-order chi connectivity index (χ0) is 13.8. The third-order valence-corrected chi connectivity index (χ3v) is 2.88. The van der Waals surface area contributed by atoms with Crippen molar-refractivity contribution in [3.63, 3.8) is 0 Å². The van der Waals surface area contributed by atoms with Crippen molar-refractivity contribution in [3.05, 3.63) is 58.4 Å². The van der Waals surface area contributed by atoms with E-state index in [1.807, 2.05) is 6.07 Å². The van der Waals surface area contributed by atoms with Gasteiger partial charge in [0.05, 0.1) is 22.3 Å². The molecular formula is C14H10ClFN2O. The van der Waals surface area contributed by atoms with Crippen LogP contribution in [0.2, 0.25) is 5.02 Å². The summed E-state index contributed by atoms with van der Waals surface area (Å²) in [6, 6.07) is 10.8. The van der Waals surface area contributed by atoms with E-state index in [2.05, 4.69) is 0 Å². The van der Waals surface area contributed by atoms with Crippen molar-refractivity contribution in [2.24, 2.45) is 0 Å². The summed E-state index contributed by atoms with van der Waals surface area (Å²) in [5.74, 6) is 0.0975. The van der Waals surface area contributed by atoms with Crippen LogP contribution in [0.4, 0.5) is 10.1 Å². The summed E-state index contributed by atoms with van der Waals surface area (Å²) in [6.07, 6.45) is 0. The van der Waals surface area contributed by atoms with E-state index in [0.29, 0.717) is 27.6 Å². The number of nitriles is 1. The Morgan fingerprint density at radius 2 is 2.05 bits per heavy atom. The first-order valence-corrected chi connectivity index (χ1v) is 5.84. The smallest absolute Gasteiger partial charge is 0.123 e. The van der Waals surface area contributed by atoms with Gasteiger partial charge in [-0.05, 0) is 30.3 Å². The Labute approximate surface area is 115 Å². The SMILES string of the molecule is N#Cc1ccc(F)cc1COc1ccc(N)c(Cl)c1. The van der Waals surface area contributed by atoms with Gasteiger partial charge in [-0.2, -0.15) is 5.26 Å². The lowest BCUT2D eigenvalue weighted by molar-refractivity contribution is 0.305. The van der Waals surface area contributed by atoms with Gasteiger partial charge in [0.1, 0.15) is 18.2 Å². The molecule has 96 valence electrons. The fraction of sp³-hybridized carbons (Fsp3) is 0.0714. The lowest BCUT2D eigenvalue weighted by Gasteiger charge is -2.09. The summed E-state index contributed by atoms with van der Waals surface area (Å²) in [4.78, 5) is 0. The van der Waals surface area contributed by atoms with E-state index in [1.54, 1.807) is 18.2 Å².